The van der Waals surface area contributed by atoms with Gasteiger partial charge in [-0.1, -0.05) is 83.5 Å². The largest absolute Gasteiger partial charge is 0.493 e. The van der Waals surface area contributed by atoms with E-state index in [1.807, 2.05) is 72.3 Å². The molecule has 13 nitrogen and oxygen atoms in total. The number of rotatable bonds is 24. The quantitative estimate of drug-likeness (QED) is 0.0400. The average Bonchev–Trinajstić information content (AvgIpc) is 3.61. The van der Waals surface area contributed by atoms with Crippen LogP contribution in [0.25, 0.3) is 0 Å². The number of carbonyl (C=O) groups is 4. The molecule has 3 N–H and O–H groups in total. The molecule has 4 heterocycles. The van der Waals surface area contributed by atoms with E-state index in [2.05, 4.69) is 78.0 Å². The summed E-state index contributed by atoms with van der Waals surface area (Å²) in [6.45, 7) is 13.2. The van der Waals surface area contributed by atoms with Crippen molar-refractivity contribution in [2.45, 2.75) is 135 Å². The van der Waals surface area contributed by atoms with Crippen molar-refractivity contribution in [1.29, 1.82) is 0 Å². The highest BCUT2D eigenvalue weighted by Gasteiger charge is 2.37. The van der Waals surface area contributed by atoms with Crippen molar-refractivity contribution in [2.24, 2.45) is 0 Å². The molecule has 408 valence electrons. The monoisotopic (exact) mass is 1080 g/mol. The number of ketones is 1. The molecule has 5 aromatic carbocycles. The highest BCUT2D eigenvalue weighted by molar-refractivity contribution is 8.77. The van der Waals surface area contributed by atoms with Crippen molar-refractivity contribution in [3.63, 3.8) is 0 Å². The molecule has 2 atom stereocenters. The molecule has 0 aliphatic carbocycles. The molecular weight excluding hydrogens is 1000 g/mol. The molecule has 0 saturated carbocycles. The average molecular weight is 1080 g/mol. The molecular formula is C62H76N6O7S2. The van der Waals surface area contributed by atoms with E-state index in [4.69, 9.17) is 14.2 Å². The molecule has 0 saturated heterocycles. The van der Waals surface area contributed by atoms with Crippen LogP contribution in [0.3, 0.4) is 0 Å². The highest BCUT2D eigenvalue weighted by atomic mass is 33.1. The van der Waals surface area contributed by atoms with Gasteiger partial charge in [0.15, 0.2) is 11.5 Å². The van der Waals surface area contributed by atoms with Gasteiger partial charge in [-0.3, -0.25) is 19.2 Å². The normalized spacial score (nSPS) is 16.6. The zero-order valence-corrected chi connectivity index (χ0v) is 47.4. The number of fused-ring (bicyclic) bond motifs is 6. The highest BCUT2D eigenvalue weighted by Crippen LogP contribution is 2.41. The number of aryl methyl sites for hydroxylation is 1. The molecule has 15 heteroatoms. The van der Waals surface area contributed by atoms with E-state index in [1.54, 1.807) is 34.8 Å². The summed E-state index contributed by atoms with van der Waals surface area (Å²) in [7, 11) is 7.18. The first-order valence-corrected chi connectivity index (χ1v) is 29.9. The third-order valence-corrected chi connectivity index (χ3v) is 18.8. The molecule has 77 heavy (non-hydrogen) atoms. The zero-order valence-electron chi connectivity index (χ0n) is 45.8. The molecule has 0 fully saturated rings. The lowest BCUT2D eigenvalue weighted by molar-refractivity contribution is -0.119. The van der Waals surface area contributed by atoms with Crippen LogP contribution in [0, 0.1) is 6.92 Å². The van der Waals surface area contributed by atoms with Crippen LogP contribution in [-0.4, -0.2) is 96.2 Å². The molecule has 0 unspecified atom stereocenters. The Labute approximate surface area is 463 Å². The van der Waals surface area contributed by atoms with Gasteiger partial charge in [-0.05, 0) is 142 Å². The van der Waals surface area contributed by atoms with Crippen LogP contribution in [0.15, 0.2) is 91.0 Å². The fourth-order valence-electron chi connectivity index (χ4n) is 11.0. The zero-order chi connectivity index (χ0) is 54.1. The summed E-state index contributed by atoms with van der Waals surface area (Å²) in [5, 5.41) is 10.1. The SMILES string of the molecule is CCNCCCCCC(=O)CCCSSC(C)(C)CCC(=O)Nc1cc(COc2cc3c(cc2C)C(=O)N2Cc4ccccc4C[C@H]2CN3C)cc(COc2cc3c(cc2OC)C(=O)N2Cc4ccccc4C[C@H]2CN3)c1. The Hall–Kier alpha value is -6.16. The first kappa shape index (κ1) is 55.6. The maximum absolute atomic E-state index is 14.2. The second-order valence-corrected chi connectivity index (χ2v) is 24.8. The van der Waals surface area contributed by atoms with Crippen molar-refractivity contribution < 1.29 is 33.4 Å². The van der Waals surface area contributed by atoms with Gasteiger partial charge in [0.25, 0.3) is 11.8 Å². The van der Waals surface area contributed by atoms with Crippen LogP contribution < -0.4 is 35.1 Å². The standard InChI is InChI=1S/C62H76N6O7S2/c1-7-63-24-14-8-9-20-51(69)21-15-25-76-77-62(3,4)23-22-59(70)65-48-28-42(39-74-56-34-55-53(26-41(56)2)61(72)68-37-47-19-13-11-17-45(47)31-50(68)38-66(55)5)27-43(29-48)40-75-58-33-54-52(32-57(58)73-6)60(71)67-36-46-18-12-10-16-44(46)30-49(67)35-64-54/h10-13,16-19,26-29,32-34,49-50,63-64H,7-9,14-15,20-25,30-31,35-40H2,1-6H3,(H,65,70)/t49-,50-/m0/s1. The summed E-state index contributed by atoms with van der Waals surface area (Å²) in [6, 6.07) is 30.2. The molecule has 0 radical (unpaired) electrons. The topological polar surface area (TPSA) is 142 Å². The van der Waals surface area contributed by atoms with Crippen LogP contribution >= 0.6 is 21.6 Å². The van der Waals surface area contributed by atoms with Crippen molar-refractivity contribution in [1.82, 2.24) is 15.1 Å². The fraction of sp³-hybridized carbons (Fsp3) is 0.452. The van der Waals surface area contributed by atoms with E-state index >= 15 is 0 Å². The summed E-state index contributed by atoms with van der Waals surface area (Å²) in [5.74, 6) is 2.73. The molecule has 0 aromatic heterocycles. The van der Waals surface area contributed by atoms with Gasteiger partial charge in [0.1, 0.15) is 24.7 Å². The van der Waals surface area contributed by atoms with Gasteiger partial charge in [-0.25, -0.2) is 0 Å². The number of nitrogens with one attached hydrogen (secondary N) is 3. The summed E-state index contributed by atoms with van der Waals surface area (Å²) < 4.78 is 18.9. The molecule has 5 aromatic rings. The van der Waals surface area contributed by atoms with Crippen molar-refractivity contribution in [3.8, 4) is 17.2 Å². The number of likely N-dealkylation sites (N-methyl/N-ethyl adjacent to an activating group) is 1. The number of ether oxygens (including phenoxy) is 3. The van der Waals surface area contributed by atoms with Crippen LogP contribution in [-0.2, 0) is 48.7 Å². The molecule has 4 aliphatic heterocycles. The first-order chi connectivity index (χ1) is 37.2. The predicted octanol–water partition coefficient (Wildman–Crippen LogP) is 11.6. The number of Topliss-reactive ketones (excluding diaryl/α,β-unsaturated/α-hetero) is 1. The minimum atomic E-state index is -0.162. The lowest BCUT2D eigenvalue weighted by atomic mass is 9.93. The maximum atomic E-state index is 14.2. The van der Waals surface area contributed by atoms with Gasteiger partial charge in [0.05, 0.1) is 41.7 Å². The van der Waals surface area contributed by atoms with E-state index in [9.17, 15) is 19.2 Å². The van der Waals surface area contributed by atoms with Crippen LogP contribution in [0.5, 0.6) is 17.2 Å². The Bertz CT molecular complexity index is 2950. The number of hydrogen-bond acceptors (Lipinski definition) is 12. The number of nitrogens with zero attached hydrogens (tertiary/aromatic N) is 3. The second-order valence-electron chi connectivity index (χ2n) is 21.7. The fourth-order valence-corrected chi connectivity index (χ4v) is 13.7. The smallest absolute Gasteiger partial charge is 0.256 e. The Kier molecular flexibility index (Phi) is 18.4. The number of unbranched alkanes of at least 4 members (excludes halogenated alkanes) is 2. The Morgan fingerprint density at radius 1 is 0.740 bits per heavy atom. The first-order valence-electron chi connectivity index (χ1n) is 27.5. The maximum Gasteiger partial charge on any atom is 0.256 e. The van der Waals surface area contributed by atoms with Gasteiger partial charge in [0.2, 0.25) is 5.91 Å². The van der Waals surface area contributed by atoms with Gasteiger partial charge in [-0.15, -0.1) is 0 Å². The molecule has 0 bridgehead atoms. The van der Waals surface area contributed by atoms with E-state index < -0.39 is 0 Å². The minimum absolute atomic E-state index is 0.00660. The summed E-state index contributed by atoms with van der Waals surface area (Å²) >= 11 is 0. The number of benzene rings is 5. The number of carbonyl (C=O) groups excluding carboxylic acids is 4. The second kappa shape index (κ2) is 25.5. The van der Waals surface area contributed by atoms with E-state index in [0.29, 0.717) is 97.4 Å². The molecule has 4 aliphatic rings. The van der Waals surface area contributed by atoms with E-state index in [-0.39, 0.29) is 47.8 Å². The van der Waals surface area contributed by atoms with Crippen LogP contribution in [0.2, 0.25) is 0 Å². The number of hydrogen-bond donors (Lipinski definition) is 3. The van der Waals surface area contributed by atoms with Crippen molar-refractivity contribution in [3.05, 3.63) is 141 Å². The summed E-state index contributed by atoms with van der Waals surface area (Å²) in [6.07, 6.45) is 7.88. The Morgan fingerprint density at radius 2 is 1.39 bits per heavy atom. The number of methoxy groups -OCH3 is 1. The Balaban J connectivity index is 0.874. The number of amides is 3. The van der Waals surface area contributed by atoms with Crippen molar-refractivity contribution in [2.75, 3.05) is 61.6 Å². The van der Waals surface area contributed by atoms with Gasteiger partial charge in [-0.2, -0.15) is 0 Å². The minimum Gasteiger partial charge on any atom is -0.493 e. The van der Waals surface area contributed by atoms with Crippen LogP contribution in [0.4, 0.5) is 17.1 Å². The summed E-state index contributed by atoms with van der Waals surface area (Å²) in [5.41, 5.74) is 10.8. The lowest BCUT2D eigenvalue weighted by Crippen LogP contribution is -2.47. The molecule has 0 spiro atoms. The Morgan fingerprint density at radius 3 is 2.09 bits per heavy atom. The molecule has 9 rings (SSSR count). The summed E-state index contributed by atoms with van der Waals surface area (Å²) in [4.78, 5) is 60.8. The van der Waals surface area contributed by atoms with Gasteiger partial charge in [0, 0.05) is 80.8 Å². The third kappa shape index (κ3) is 13.9. The third-order valence-electron chi connectivity index (χ3n) is 15.3. The van der Waals surface area contributed by atoms with E-state index in [1.165, 1.54) is 22.3 Å². The van der Waals surface area contributed by atoms with Crippen LogP contribution in [0.1, 0.15) is 132 Å². The van der Waals surface area contributed by atoms with Gasteiger partial charge < -0.3 is 44.9 Å². The van der Waals surface area contributed by atoms with E-state index in [0.717, 1.165) is 79.7 Å². The predicted molar refractivity (Wildman–Crippen MR) is 312 cm³/mol. The van der Waals surface area contributed by atoms with Gasteiger partial charge >= 0.3 is 0 Å². The number of anilines is 3. The lowest BCUT2D eigenvalue weighted by Gasteiger charge is -2.36. The molecule has 3 amide bonds. The van der Waals surface area contributed by atoms with Crippen molar-refractivity contribution >= 4 is 62.2 Å².